The lowest BCUT2D eigenvalue weighted by Crippen LogP contribution is -2.39. The fourth-order valence-electron chi connectivity index (χ4n) is 3.00. The Hall–Kier alpha value is -2.06. The molecule has 1 heterocycles. The summed E-state index contributed by atoms with van der Waals surface area (Å²) in [5.74, 6) is -0.292. The molecule has 1 aromatic heterocycles. The lowest BCUT2D eigenvalue weighted by molar-refractivity contribution is -0.121. The number of carbonyl (C=O) groups excluding carboxylic acids is 2. The quantitative estimate of drug-likeness (QED) is 0.507. The molecule has 8 heteroatoms. The van der Waals surface area contributed by atoms with E-state index in [1.54, 1.807) is 18.2 Å². The van der Waals surface area contributed by atoms with E-state index < -0.39 is 0 Å². The summed E-state index contributed by atoms with van der Waals surface area (Å²) in [6, 6.07) is 0.115. The zero-order chi connectivity index (χ0) is 21.6. The van der Waals surface area contributed by atoms with Gasteiger partial charge in [-0.15, -0.1) is 0 Å². The second-order valence-electron chi connectivity index (χ2n) is 7.22. The number of hydrogen-bond acceptors (Lipinski definition) is 6. The van der Waals surface area contributed by atoms with Gasteiger partial charge in [0.1, 0.15) is 5.69 Å². The van der Waals surface area contributed by atoms with Crippen LogP contribution in [0.15, 0.2) is 12.4 Å². The van der Waals surface area contributed by atoms with Crippen LogP contribution in [0.2, 0.25) is 0 Å². The first-order valence-electron chi connectivity index (χ1n) is 10.5. The van der Waals surface area contributed by atoms with Gasteiger partial charge in [-0.3, -0.25) is 14.6 Å². The van der Waals surface area contributed by atoms with Gasteiger partial charge in [0.15, 0.2) is 0 Å². The molecule has 1 atom stereocenters. The predicted octanol–water partition coefficient (Wildman–Crippen LogP) is 1.89. The third-order valence-electron chi connectivity index (χ3n) is 4.87. The van der Waals surface area contributed by atoms with Gasteiger partial charge in [0.25, 0.3) is 5.91 Å². The molecule has 0 saturated heterocycles. The Balaban J connectivity index is 2.48. The molecule has 1 rings (SSSR count). The third-order valence-corrected chi connectivity index (χ3v) is 4.87. The lowest BCUT2D eigenvalue weighted by Gasteiger charge is -2.23. The fourth-order valence-corrected chi connectivity index (χ4v) is 3.00. The minimum atomic E-state index is -0.241. The van der Waals surface area contributed by atoms with Crippen molar-refractivity contribution in [2.45, 2.75) is 53.0 Å². The Morgan fingerprint density at radius 3 is 2.45 bits per heavy atom. The predicted molar refractivity (Wildman–Crippen MR) is 114 cm³/mol. The van der Waals surface area contributed by atoms with E-state index in [0.29, 0.717) is 19.7 Å². The van der Waals surface area contributed by atoms with E-state index in [4.69, 9.17) is 4.74 Å². The molecule has 1 unspecified atom stereocenters. The highest BCUT2D eigenvalue weighted by atomic mass is 16.5. The van der Waals surface area contributed by atoms with E-state index in [-0.39, 0.29) is 30.0 Å². The van der Waals surface area contributed by atoms with Crippen LogP contribution in [0.1, 0.15) is 56.2 Å². The lowest BCUT2D eigenvalue weighted by atomic mass is 10.1. The van der Waals surface area contributed by atoms with Crippen molar-refractivity contribution in [2.75, 3.05) is 46.4 Å². The number of carbonyl (C=O) groups is 2. The van der Waals surface area contributed by atoms with E-state index >= 15 is 0 Å². The molecule has 0 bridgehead atoms. The van der Waals surface area contributed by atoms with Crippen molar-refractivity contribution >= 4 is 11.8 Å². The number of hydrogen-bond donors (Lipinski definition) is 1. The minimum Gasteiger partial charge on any atom is -0.383 e. The SMILES string of the molecule is CCN(CC)CCCC(C)NC(=O)CCN(CCOC)C(=O)c1cnc(C)cn1. The average Bonchev–Trinajstić information content (AvgIpc) is 2.71. The molecule has 0 fully saturated rings. The summed E-state index contributed by atoms with van der Waals surface area (Å²) in [5.41, 5.74) is 1.02. The molecule has 0 radical (unpaired) electrons. The first kappa shape index (κ1) is 25.0. The Morgan fingerprint density at radius 1 is 1.14 bits per heavy atom. The zero-order valence-corrected chi connectivity index (χ0v) is 18.6. The summed E-state index contributed by atoms with van der Waals surface area (Å²) in [6.45, 7) is 12.4. The number of aryl methyl sites for hydroxylation is 1. The van der Waals surface area contributed by atoms with Crippen molar-refractivity contribution in [3.63, 3.8) is 0 Å². The molecule has 0 aliphatic heterocycles. The van der Waals surface area contributed by atoms with Gasteiger partial charge in [-0.2, -0.15) is 0 Å². The van der Waals surface area contributed by atoms with Crippen molar-refractivity contribution in [3.8, 4) is 0 Å². The van der Waals surface area contributed by atoms with Gasteiger partial charge < -0.3 is 19.9 Å². The van der Waals surface area contributed by atoms with Gasteiger partial charge in [0.05, 0.1) is 18.5 Å². The van der Waals surface area contributed by atoms with E-state index in [1.165, 1.54) is 6.20 Å². The van der Waals surface area contributed by atoms with Crippen LogP contribution in [-0.4, -0.2) is 84.1 Å². The molecule has 8 nitrogen and oxygen atoms in total. The highest BCUT2D eigenvalue weighted by Crippen LogP contribution is 2.04. The van der Waals surface area contributed by atoms with Gasteiger partial charge in [0, 0.05) is 38.9 Å². The number of methoxy groups -OCH3 is 1. The second-order valence-corrected chi connectivity index (χ2v) is 7.22. The molecule has 0 aliphatic rings. The third kappa shape index (κ3) is 9.80. The number of rotatable bonds is 14. The molecule has 1 N–H and O–H groups in total. The Bertz CT molecular complexity index is 605. The van der Waals surface area contributed by atoms with Crippen LogP contribution in [0, 0.1) is 6.92 Å². The molecule has 0 saturated carbocycles. The van der Waals surface area contributed by atoms with Crippen molar-refractivity contribution in [1.82, 2.24) is 25.1 Å². The smallest absolute Gasteiger partial charge is 0.274 e. The summed E-state index contributed by atoms with van der Waals surface area (Å²) < 4.78 is 5.10. The van der Waals surface area contributed by atoms with Crippen LogP contribution in [0.4, 0.5) is 0 Å². The van der Waals surface area contributed by atoms with Gasteiger partial charge in [0.2, 0.25) is 5.91 Å². The van der Waals surface area contributed by atoms with Gasteiger partial charge >= 0.3 is 0 Å². The molecule has 29 heavy (non-hydrogen) atoms. The van der Waals surface area contributed by atoms with Crippen LogP contribution in [0.5, 0.6) is 0 Å². The summed E-state index contributed by atoms with van der Waals surface area (Å²) >= 11 is 0. The van der Waals surface area contributed by atoms with Crippen molar-refractivity contribution in [2.24, 2.45) is 0 Å². The molecule has 164 valence electrons. The Morgan fingerprint density at radius 2 is 1.86 bits per heavy atom. The maximum absolute atomic E-state index is 12.7. The number of nitrogens with one attached hydrogen (secondary N) is 1. The molecule has 0 spiro atoms. The minimum absolute atomic E-state index is 0.0504. The highest BCUT2D eigenvalue weighted by Gasteiger charge is 2.19. The Kier molecular flexibility index (Phi) is 12.1. The number of nitrogens with zero attached hydrogens (tertiary/aromatic N) is 4. The molecule has 2 amide bonds. The fraction of sp³-hybridized carbons (Fsp3) is 0.714. The molecule has 1 aromatic rings. The molecular weight excluding hydrogens is 370 g/mol. The van der Waals surface area contributed by atoms with E-state index in [9.17, 15) is 9.59 Å². The average molecular weight is 408 g/mol. The zero-order valence-electron chi connectivity index (χ0n) is 18.6. The molecule has 0 aromatic carbocycles. The first-order valence-corrected chi connectivity index (χ1v) is 10.5. The summed E-state index contributed by atoms with van der Waals surface area (Å²) in [5, 5.41) is 3.03. The summed E-state index contributed by atoms with van der Waals surface area (Å²) in [4.78, 5) is 37.3. The summed E-state index contributed by atoms with van der Waals surface area (Å²) in [7, 11) is 1.58. The summed E-state index contributed by atoms with van der Waals surface area (Å²) in [6.07, 6.45) is 5.26. The largest absolute Gasteiger partial charge is 0.383 e. The van der Waals surface area contributed by atoms with Crippen LogP contribution in [0.3, 0.4) is 0 Å². The van der Waals surface area contributed by atoms with Crippen LogP contribution >= 0.6 is 0 Å². The van der Waals surface area contributed by atoms with E-state index in [1.807, 2.05) is 13.8 Å². The molecular formula is C21H37N5O3. The van der Waals surface area contributed by atoms with Gasteiger partial charge in [-0.05, 0) is 46.3 Å². The monoisotopic (exact) mass is 407 g/mol. The molecule has 0 aliphatic carbocycles. The number of amides is 2. The maximum Gasteiger partial charge on any atom is 0.274 e. The topological polar surface area (TPSA) is 87.7 Å². The van der Waals surface area contributed by atoms with Crippen molar-refractivity contribution in [3.05, 3.63) is 23.8 Å². The van der Waals surface area contributed by atoms with E-state index in [0.717, 1.165) is 38.2 Å². The number of aromatic nitrogens is 2. The van der Waals surface area contributed by atoms with E-state index in [2.05, 4.69) is 34.0 Å². The van der Waals surface area contributed by atoms with Gasteiger partial charge in [-0.1, -0.05) is 13.8 Å². The van der Waals surface area contributed by atoms with Crippen LogP contribution < -0.4 is 5.32 Å². The van der Waals surface area contributed by atoms with Crippen molar-refractivity contribution in [1.29, 1.82) is 0 Å². The Labute approximate surface area is 175 Å². The standard InChI is InChI=1S/C21H37N5O3/c1-6-25(7-2)11-8-9-17(3)24-20(27)10-12-26(13-14-29-5)21(28)19-16-22-18(4)15-23-19/h15-17H,6-14H2,1-5H3,(H,24,27). The second kappa shape index (κ2) is 14.0. The van der Waals surface area contributed by atoms with Gasteiger partial charge in [-0.25, -0.2) is 4.98 Å². The first-order chi connectivity index (χ1) is 13.9. The number of ether oxygens (including phenoxy) is 1. The maximum atomic E-state index is 12.7. The van der Waals surface area contributed by atoms with Crippen molar-refractivity contribution < 1.29 is 14.3 Å². The van der Waals surface area contributed by atoms with Crippen LogP contribution in [0.25, 0.3) is 0 Å². The van der Waals surface area contributed by atoms with Crippen LogP contribution in [-0.2, 0) is 9.53 Å². The normalized spacial score (nSPS) is 12.1. The highest BCUT2D eigenvalue weighted by molar-refractivity contribution is 5.92.